The molecular formula is C18H24N2. The van der Waals surface area contributed by atoms with Gasteiger partial charge in [0.1, 0.15) is 0 Å². The number of hydrogen-bond acceptors (Lipinski definition) is 2. The van der Waals surface area contributed by atoms with E-state index in [0.29, 0.717) is 6.54 Å². The molecule has 0 aliphatic heterocycles. The molecule has 0 saturated carbocycles. The molecule has 2 N–H and O–H groups in total. The molecule has 0 aliphatic rings. The highest BCUT2D eigenvalue weighted by Crippen LogP contribution is 2.18. The van der Waals surface area contributed by atoms with Gasteiger partial charge in [0.2, 0.25) is 0 Å². The lowest BCUT2D eigenvalue weighted by molar-refractivity contribution is 0.860. The molecule has 2 nitrogen and oxygen atoms in total. The molecule has 2 heteroatoms. The van der Waals surface area contributed by atoms with Gasteiger partial charge in [0.15, 0.2) is 0 Å². The Morgan fingerprint density at radius 3 is 2.15 bits per heavy atom. The number of nitrogens with zero attached hydrogens (tertiary/aromatic N) is 1. The summed E-state index contributed by atoms with van der Waals surface area (Å²) in [5.74, 6) is 0. The van der Waals surface area contributed by atoms with Crippen LogP contribution < -0.4 is 10.6 Å². The van der Waals surface area contributed by atoms with Crippen LogP contribution >= 0.6 is 0 Å². The van der Waals surface area contributed by atoms with Crippen molar-refractivity contribution in [1.82, 2.24) is 0 Å². The minimum absolute atomic E-state index is 0.615. The molecule has 0 unspecified atom stereocenters. The summed E-state index contributed by atoms with van der Waals surface area (Å²) in [6, 6.07) is 15.1. The summed E-state index contributed by atoms with van der Waals surface area (Å²) in [5, 5.41) is 0. The summed E-state index contributed by atoms with van der Waals surface area (Å²) >= 11 is 0. The fourth-order valence-corrected chi connectivity index (χ4v) is 2.59. The zero-order chi connectivity index (χ0) is 14.5. The van der Waals surface area contributed by atoms with Gasteiger partial charge < -0.3 is 10.6 Å². The Bertz CT molecular complexity index is 555. The summed E-state index contributed by atoms with van der Waals surface area (Å²) < 4.78 is 0. The third kappa shape index (κ3) is 3.61. The van der Waals surface area contributed by atoms with Crippen molar-refractivity contribution in [2.45, 2.75) is 26.8 Å². The summed E-state index contributed by atoms with van der Waals surface area (Å²) in [4.78, 5) is 2.31. The number of aryl methyl sites for hydroxylation is 2. The molecule has 0 fully saturated rings. The van der Waals surface area contributed by atoms with Gasteiger partial charge in [-0.3, -0.25) is 0 Å². The van der Waals surface area contributed by atoms with Crippen molar-refractivity contribution in [3.05, 3.63) is 64.7 Å². The van der Waals surface area contributed by atoms with E-state index in [1.54, 1.807) is 0 Å². The van der Waals surface area contributed by atoms with Gasteiger partial charge in [0.25, 0.3) is 0 Å². The molecule has 20 heavy (non-hydrogen) atoms. The van der Waals surface area contributed by atoms with Gasteiger partial charge in [0.05, 0.1) is 0 Å². The van der Waals surface area contributed by atoms with Crippen LogP contribution in [0.3, 0.4) is 0 Å². The summed E-state index contributed by atoms with van der Waals surface area (Å²) in [6.07, 6.45) is 1.02. The predicted molar refractivity (Wildman–Crippen MR) is 87.2 cm³/mol. The normalized spacial score (nSPS) is 10.6. The summed E-state index contributed by atoms with van der Waals surface area (Å²) in [7, 11) is 2.15. The molecule has 0 saturated heterocycles. The van der Waals surface area contributed by atoms with Gasteiger partial charge >= 0.3 is 0 Å². The Balaban J connectivity index is 2.06. The van der Waals surface area contributed by atoms with E-state index in [0.717, 1.165) is 13.0 Å². The van der Waals surface area contributed by atoms with Crippen LogP contribution in [-0.4, -0.2) is 13.6 Å². The first-order valence-electron chi connectivity index (χ1n) is 7.16. The number of rotatable bonds is 5. The third-order valence-electron chi connectivity index (χ3n) is 3.70. The van der Waals surface area contributed by atoms with Gasteiger partial charge in [-0.25, -0.2) is 0 Å². The average molecular weight is 268 g/mol. The Hall–Kier alpha value is -1.80. The van der Waals surface area contributed by atoms with Gasteiger partial charge in [-0.2, -0.15) is 0 Å². The van der Waals surface area contributed by atoms with Crippen molar-refractivity contribution in [2.24, 2.45) is 5.73 Å². The van der Waals surface area contributed by atoms with E-state index in [9.17, 15) is 0 Å². The second-order valence-corrected chi connectivity index (χ2v) is 5.49. The maximum absolute atomic E-state index is 5.79. The Morgan fingerprint density at radius 1 is 0.950 bits per heavy atom. The van der Waals surface area contributed by atoms with Crippen LogP contribution in [0.4, 0.5) is 5.69 Å². The Morgan fingerprint density at radius 2 is 1.55 bits per heavy atom. The smallest absolute Gasteiger partial charge is 0.0369 e. The summed E-state index contributed by atoms with van der Waals surface area (Å²) in [6.45, 7) is 5.91. The van der Waals surface area contributed by atoms with Crippen LogP contribution in [0, 0.1) is 13.8 Å². The molecule has 0 radical (unpaired) electrons. The fourth-order valence-electron chi connectivity index (χ4n) is 2.59. The lowest BCUT2D eigenvalue weighted by atomic mass is 10.0. The molecule has 0 bridgehead atoms. The maximum Gasteiger partial charge on any atom is 0.0369 e. The molecule has 0 spiro atoms. The average Bonchev–Trinajstić information content (AvgIpc) is 2.44. The molecule has 0 aromatic heterocycles. The second kappa shape index (κ2) is 6.58. The lowest BCUT2D eigenvalue weighted by Gasteiger charge is -2.21. The van der Waals surface area contributed by atoms with Gasteiger partial charge in [-0.1, -0.05) is 30.3 Å². The first kappa shape index (κ1) is 14.6. The van der Waals surface area contributed by atoms with Crippen LogP contribution in [0.15, 0.2) is 42.5 Å². The zero-order valence-electron chi connectivity index (χ0n) is 12.7. The first-order valence-corrected chi connectivity index (χ1v) is 7.16. The van der Waals surface area contributed by atoms with Crippen LogP contribution in [0.5, 0.6) is 0 Å². The predicted octanol–water partition coefficient (Wildman–Crippen LogP) is 3.44. The van der Waals surface area contributed by atoms with Gasteiger partial charge in [0, 0.05) is 25.8 Å². The number of likely N-dealkylation sites (N-methyl/N-ethyl adjacent to an activating group) is 1. The zero-order valence-corrected chi connectivity index (χ0v) is 12.7. The molecule has 0 aliphatic carbocycles. The van der Waals surface area contributed by atoms with E-state index < -0.39 is 0 Å². The number of anilines is 1. The van der Waals surface area contributed by atoms with Crippen LogP contribution in [0.25, 0.3) is 0 Å². The number of hydrogen-bond donors (Lipinski definition) is 1. The number of benzene rings is 2. The van der Waals surface area contributed by atoms with E-state index in [-0.39, 0.29) is 0 Å². The van der Waals surface area contributed by atoms with E-state index in [2.05, 4.69) is 68.3 Å². The molecule has 0 atom stereocenters. The Labute approximate surface area is 122 Å². The molecule has 0 heterocycles. The van der Waals surface area contributed by atoms with E-state index >= 15 is 0 Å². The van der Waals surface area contributed by atoms with Crippen molar-refractivity contribution < 1.29 is 0 Å². The highest BCUT2D eigenvalue weighted by Gasteiger charge is 2.05. The molecule has 2 rings (SSSR count). The highest BCUT2D eigenvalue weighted by atomic mass is 15.1. The molecular weight excluding hydrogens is 244 g/mol. The fraction of sp³-hybridized carbons (Fsp3) is 0.333. The van der Waals surface area contributed by atoms with Crippen molar-refractivity contribution in [2.75, 3.05) is 18.5 Å². The van der Waals surface area contributed by atoms with E-state index in [1.807, 2.05) is 0 Å². The van der Waals surface area contributed by atoms with Gasteiger partial charge in [-0.15, -0.1) is 0 Å². The van der Waals surface area contributed by atoms with E-state index in [1.165, 1.54) is 27.9 Å². The van der Waals surface area contributed by atoms with Crippen molar-refractivity contribution in [1.29, 1.82) is 0 Å². The topological polar surface area (TPSA) is 29.3 Å². The van der Waals surface area contributed by atoms with Crippen molar-refractivity contribution in [3.63, 3.8) is 0 Å². The lowest BCUT2D eigenvalue weighted by Crippen LogP contribution is -2.21. The Kier molecular flexibility index (Phi) is 4.80. The SMILES string of the molecule is Cc1cc(C)cc(N(C)CCc2ccccc2CN)c1. The quantitative estimate of drug-likeness (QED) is 0.900. The minimum Gasteiger partial charge on any atom is -0.374 e. The molecule has 0 amide bonds. The molecule has 2 aromatic rings. The number of nitrogens with two attached hydrogens (primary N) is 1. The van der Waals surface area contributed by atoms with Crippen LogP contribution in [-0.2, 0) is 13.0 Å². The standard InChI is InChI=1S/C18H24N2/c1-14-10-15(2)12-18(11-14)20(3)9-8-16-6-4-5-7-17(16)13-19/h4-7,10-12H,8-9,13,19H2,1-3H3. The third-order valence-corrected chi connectivity index (χ3v) is 3.70. The maximum atomic E-state index is 5.79. The largest absolute Gasteiger partial charge is 0.374 e. The summed E-state index contributed by atoms with van der Waals surface area (Å²) in [5.41, 5.74) is 12.3. The minimum atomic E-state index is 0.615. The monoisotopic (exact) mass is 268 g/mol. The van der Waals surface area contributed by atoms with Crippen LogP contribution in [0.1, 0.15) is 22.3 Å². The molecule has 2 aromatic carbocycles. The second-order valence-electron chi connectivity index (χ2n) is 5.49. The van der Waals surface area contributed by atoms with Gasteiger partial charge in [-0.05, 0) is 54.7 Å². The van der Waals surface area contributed by atoms with E-state index in [4.69, 9.17) is 5.73 Å². The first-order chi connectivity index (χ1) is 9.60. The molecule has 106 valence electrons. The van der Waals surface area contributed by atoms with Crippen molar-refractivity contribution >= 4 is 5.69 Å². The highest BCUT2D eigenvalue weighted by molar-refractivity contribution is 5.50. The van der Waals surface area contributed by atoms with Crippen LogP contribution in [0.2, 0.25) is 0 Å². The van der Waals surface area contributed by atoms with Crippen molar-refractivity contribution in [3.8, 4) is 0 Å².